The quantitative estimate of drug-likeness (QED) is 0.589. The number of aromatic nitrogens is 2. The van der Waals surface area contributed by atoms with Gasteiger partial charge < -0.3 is 15.4 Å². The topological polar surface area (TPSA) is 60.9 Å². The van der Waals surface area contributed by atoms with E-state index in [1.165, 1.54) is 0 Å². The Morgan fingerprint density at radius 1 is 1.67 bits per heavy atom. The van der Waals surface area contributed by atoms with E-state index >= 15 is 0 Å². The molecule has 0 amide bonds. The van der Waals surface area contributed by atoms with Crippen LogP contribution in [-0.2, 0) is 0 Å². The summed E-state index contributed by atoms with van der Waals surface area (Å²) in [4.78, 5) is 6.78. The van der Waals surface area contributed by atoms with Crippen molar-refractivity contribution in [2.24, 2.45) is 0 Å². The molecule has 1 aromatic heterocycles. The van der Waals surface area contributed by atoms with Gasteiger partial charge in [-0.15, -0.1) is 0 Å². The Morgan fingerprint density at radius 3 is 3.17 bits per heavy atom. The summed E-state index contributed by atoms with van der Waals surface area (Å²) < 4.78 is 0. The van der Waals surface area contributed by atoms with Crippen LogP contribution in [0.3, 0.4) is 0 Å². The van der Waals surface area contributed by atoms with E-state index in [-0.39, 0.29) is 6.04 Å². The van der Waals surface area contributed by atoms with Gasteiger partial charge in [0.1, 0.15) is 6.10 Å². The third kappa shape index (κ3) is 1.35. The summed E-state index contributed by atoms with van der Waals surface area (Å²) in [6, 6.07) is 0.199. The van der Waals surface area contributed by atoms with E-state index in [0.717, 1.165) is 25.1 Å². The molecule has 0 aliphatic carbocycles. The number of rotatable bonds is 2. The Bertz CT molecular complexity index is 228. The average molecular weight is 167 g/mol. The molecule has 4 heteroatoms. The maximum Gasteiger partial charge on any atom is 0.111 e. The lowest BCUT2D eigenvalue weighted by Gasteiger charge is -2.16. The van der Waals surface area contributed by atoms with E-state index in [1.807, 2.05) is 0 Å². The van der Waals surface area contributed by atoms with Crippen LogP contribution in [0.25, 0.3) is 0 Å². The van der Waals surface area contributed by atoms with Gasteiger partial charge in [0.05, 0.1) is 18.2 Å². The second-order valence-electron chi connectivity index (χ2n) is 3.15. The molecule has 4 nitrogen and oxygen atoms in total. The van der Waals surface area contributed by atoms with Gasteiger partial charge in [0.25, 0.3) is 0 Å². The van der Waals surface area contributed by atoms with Crippen molar-refractivity contribution in [2.45, 2.75) is 25.0 Å². The van der Waals surface area contributed by atoms with Crippen LogP contribution in [-0.4, -0.2) is 27.7 Å². The molecule has 0 radical (unpaired) electrons. The summed E-state index contributed by atoms with van der Waals surface area (Å²) >= 11 is 0. The number of hydrogen-bond acceptors (Lipinski definition) is 3. The van der Waals surface area contributed by atoms with Gasteiger partial charge in [-0.25, -0.2) is 4.98 Å². The third-order valence-electron chi connectivity index (χ3n) is 2.32. The van der Waals surface area contributed by atoms with Gasteiger partial charge in [0.2, 0.25) is 0 Å². The predicted molar refractivity (Wildman–Crippen MR) is 44.6 cm³/mol. The van der Waals surface area contributed by atoms with Crippen LogP contribution in [0.1, 0.15) is 24.6 Å². The lowest BCUT2D eigenvalue weighted by molar-refractivity contribution is 0.133. The van der Waals surface area contributed by atoms with Gasteiger partial charge in [0.15, 0.2) is 0 Å². The first-order valence-corrected chi connectivity index (χ1v) is 4.27. The van der Waals surface area contributed by atoms with Crippen LogP contribution in [0.4, 0.5) is 0 Å². The van der Waals surface area contributed by atoms with Gasteiger partial charge in [-0.05, 0) is 19.4 Å². The Hall–Kier alpha value is -0.870. The van der Waals surface area contributed by atoms with Crippen LogP contribution in [0.15, 0.2) is 12.5 Å². The fourth-order valence-corrected chi connectivity index (χ4v) is 1.63. The number of hydrogen-bond donors (Lipinski definition) is 3. The molecule has 2 rings (SSSR count). The molecule has 0 bridgehead atoms. The number of imidazole rings is 1. The smallest absolute Gasteiger partial charge is 0.111 e. The maximum atomic E-state index is 9.78. The van der Waals surface area contributed by atoms with Crippen molar-refractivity contribution in [3.63, 3.8) is 0 Å². The summed E-state index contributed by atoms with van der Waals surface area (Å²) in [6.45, 7) is 1.01. The molecule has 1 aliphatic heterocycles. The summed E-state index contributed by atoms with van der Waals surface area (Å²) in [6.07, 6.45) is 5.02. The van der Waals surface area contributed by atoms with Crippen molar-refractivity contribution in [3.05, 3.63) is 18.2 Å². The highest BCUT2D eigenvalue weighted by molar-refractivity contribution is 5.03. The van der Waals surface area contributed by atoms with Crippen molar-refractivity contribution in [1.29, 1.82) is 0 Å². The highest BCUT2D eigenvalue weighted by atomic mass is 16.3. The molecule has 1 saturated heterocycles. The fourth-order valence-electron chi connectivity index (χ4n) is 1.63. The Balaban J connectivity index is 2.04. The lowest BCUT2D eigenvalue weighted by atomic mass is 10.1. The zero-order chi connectivity index (χ0) is 8.39. The molecule has 1 aliphatic rings. The molecule has 2 unspecified atom stereocenters. The molecule has 2 heterocycles. The summed E-state index contributed by atoms with van der Waals surface area (Å²) in [7, 11) is 0. The lowest BCUT2D eigenvalue weighted by Crippen LogP contribution is -2.28. The Labute approximate surface area is 71.0 Å². The standard InChI is InChI=1S/C8H13N3O/c12-8(6-2-1-3-10-6)7-4-9-5-11-7/h4-6,8,10,12H,1-3H2,(H,9,11). The van der Waals surface area contributed by atoms with Crippen molar-refractivity contribution in [2.75, 3.05) is 6.54 Å². The number of aliphatic hydroxyl groups is 1. The number of H-pyrrole nitrogens is 1. The number of nitrogens with one attached hydrogen (secondary N) is 2. The SMILES string of the molecule is OC(c1cnc[nH]1)C1CCCN1. The molecule has 1 aromatic rings. The Morgan fingerprint density at radius 2 is 2.58 bits per heavy atom. The highest BCUT2D eigenvalue weighted by Gasteiger charge is 2.24. The van der Waals surface area contributed by atoms with Crippen molar-refractivity contribution < 1.29 is 5.11 Å². The highest BCUT2D eigenvalue weighted by Crippen LogP contribution is 2.20. The molecular formula is C8H13N3O. The average Bonchev–Trinajstić information content (AvgIpc) is 2.77. The van der Waals surface area contributed by atoms with E-state index in [4.69, 9.17) is 0 Å². The van der Waals surface area contributed by atoms with E-state index < -0.39 is 6.10 Å². The number of nitrogens with zero attached hydrogens (tertiary/aromatic N) is 1. The monoisotopic (exact) mass is 167 g/mol. The molecule has 0 spiro atoms. The minimum absolute atomic E-state index is 0.199. The predicted octanol–water partition coefficient (Wildman–Crippen LogP) is 0.195. The molecule has 0 saturated carbocycles. The molecule has 1 fully saturated rings. The van der Waals surface area contributed by atoms with Crippen molar-refractivity contribution in [1.82, 2.24) is 15.3 Å². The largest absolute Gasteiger partial charge is 0.385 e. The second kappa shape index (κ2) is 3.25. The van der Waals surface area contributed by atoms with Gasteiger partial charge in [-0.2, -0.15) is 0 Å². The maximum absolute atomic E-state index is 9.78. The molecule has 0 aromatic carbocycles. The van der Waals surface area contributed by atoms with Crippen LogP contribution < -0.4 is 5.32 Å². The first kappa shape index (κ1) is 7.76. The summed E-state index contributed by atoms with van der Waals surface area (Å²) in [5.41, 5.74) is 0.800. The number of aromatic amines is 1. The van der Waals surface area contributed by atoms with Crippen LogP contribution in [0.5, 0.6) is 0 Å². The van der Waals surface area contributed by atoms with E-state index in [1.54, 1.807) is 12.5 Å². The molecular weight excluding hydrogens is 154 g/mol. The molecule has 12 heavy (non-hydrogen) atoms. The van der Waals surface area contributed by atoms with Crippen molar-refractivity contribution in [3.8, 4) is 0 Å². The summed E-state index contributed by atoms with van der Waals surface area (Å²) in [5.74, 6) is 0. The third-order valence-corrected chi connectivity index (χ3v) is 2.32. The van der Waals surface area contributed by atoms with E-state index in [0.29, 0.717) is 0 Å². The minimum Gasteiger partial charge on any atom is -0.385 e. The zero-order valence-corrected chi connectivity index (χ0v) is 6.83. The first-order valence-electron chi connectivity index (χ1n) is 4.27. The second-order valence-corrected chi connectivity index (χ2v) is 3.15. The Kier molecular flexibility index (Phi) is 2.10. The fraction of sp³-hybridized carbons (Fsp3) is 0.625. The van der Waals surface area contributed by atoms with Crippen molar-refractivity contribution >= 4 is 0 Å². The molecule has 3 N–H and O–H groups in total. The normalized spacial score (nSPS) is 25.9. The van der Waals surface area contributed by atoms with Gasteiger partial charge in [0, 0.05) is 6.04 Å². The first-order chi connectivity index (χ1) is 5.88. The van der Waals surface area contributed by atoms with Gasteiger partial charge >= 0.3 is 0 Å². The van der Waals surface area contributed by atoms with Gasteiger partial charge in [-0.3, -0.25) is 0 Å². The minimum atomic E-state index is -0.435. The number of aliphatic hydroxyl groups excluding tert-OH is 1. The summed E-state index contributed by atoms with van der Waals surface area (Å²) in [5, 5.41) is 13.0. The zero-order valence-electron chi connectivity index (χ0n) is 6.83. The van der Waals surface area contributed by atoms with Crippen LogP contribution in [0.2, 0.25) is 0 Å². The van der Waals surface area contributed by atoms with Crippen LogP contribution in [0, 0.1) is 0 Å². The van der Waals surface area contributed by atoms with E-state index in [9.17, 15) is 5.11 Å². The van der Waals surface area contributed by atoms with Crippen LogP contribution >= 0.6 is 0 Å². The van der Waals surface area contributed by atoms with Gasteiger partial charge in [-0.1, -0.05) is 0 Å². The molecule has 66 valence electrons. The molecule has 2 atom stereocenters. The van der Waals surface area contributed by atoms with E-state index in [2.05, 4.69) is 15.3 Å².